The minimum absolute atomic E-state index is 0.235. The van der Waals surface area contributed by atoms with E-state index in [1.165, 1.54) is 11.6 Å². The third-order valence-electron chi connectivity index (χ3n) is 7.24. The molecule has 1 fully saturated rings. The number of hydrogen-bond acceptors (Lipinski definition) is 6. The highest BCUT2D eigenvalue weighted by molar-refractivity contribution is 5.86. The van der Waals surface area contributed by atoms with Gasteiger partial charge < -0.3 is 5.73 Å². The molecule has 0 saturated carbocycles. The Labute approximate surface area is 202 Å². The molecule has 4 aromatic heterocycles. The van der Waals surface area contributed by atoms with Crippen molar-refractivity contribution in [2.24, 2.45) is 12.8 Å². The fraction of sp³-hybridized carbons (Fsp3) is 0.308. The molecule has 6 rings (SSSR count). The van der Waals surface area contributed by atoms with E-state index in [1.807, 2.05) is 36.6 Å². The number of halogens is 1. The first-order chi connectivity index (χ1) is 16.9. The first-order valence-corrected chi connectivity index (χ1v) is 11.8. The molecule has 1 aliphatic rings. The van der Waals surface area contributed by atoms with Gasteiger partial charge in [-0.2, -0.15) is 5.10 Å². The van der Waals surface area contributed by atoms with E-state index in [0.717, 1.165) is 41.8 Å². The summed E-state index contributed by atoms with van der Waals surface area (Å²) in [7, 11) is 1.84. The van der Waals surface area contributed by atoms with E-state index >= 15 is 0 Å². The Morgan fingerprint density at radius 3 is 2.71 bits per heavy atom. The van der Waals surface area contributed by atoms with E-state index in [1.54, 1.807) is 16.9 Å². The van der Waals surface area contributed by atoms with Crippen molar-refractivity contribution < 1.29 is 4.39 Å². The topological polar surface area (TPSA) is 90.2 Å². The molecule has 35 heavy (non-hydrogen) atoms. The lowest BCUT2D eigenvalue weighted by molar-refractivity contribution is 0.259. The summed E-state index contributed by atoms with van der Waals surface area (Å²) in [4.78, 5) is 7.25. The summed E-state index contributed by atoms with van der Waals surface area (Å²) in [6.07, 6.45) is 4.79. The number of rotatable bonds is 4. The van der Waals surface area contributed by atoms with Gasteiger partial charge in [-0.05, 0) is 50.1 Å². The van der Waals surface area contributed by atoms with E-state index in [9.17, 15) is 4.39 Å². The second kappa shape index (κ2) is 8.21. The van der Waals surface area contributed by atoms with Gasteiger partial charge in [0, 0.05) is 60.6 Å². The zero-order valence-corrected chi connectivity index (χ0v) is 20.0. The van der Waals surface area contributed by atoms with Crippen molar-refractivity contribution in [1.29, 1.82) is 0 Å². The van der Waals surface area contributed by atoms with Crippen molar-refractivity contribution >= 4 is 16.6 Å². The third kappa shape index (κ3) is 3.67. The van der Waals surface area contributed by atoms with Crippen molar-refractivity contribution in [3.05, 3.63) is 65.9 Å². The molecule has 178 valence electrons. The third-order valence-corrected chi connectivity index (χ3v) is 7.24. The molecule has 2 atom stereocenters. The lowest BCUT2D eigenvalue weighted by Gasteiger charge is -2.24. The summed E-state index contributed by atoms with van der Waals surface area (Å²) >= 11 is 0. The van der Waals surface area contributed by atoms with Crippen LogP contribution >= 0.6 is 0 Å². The highest BCUT2D eigenvalue weighted by Gasteiger charge is 2.25. The van der Waals surface area contributed by atoms with Gasteiger partial charge in [-0.15, -0.1) is 10.2 Å². The fourth-order valence-electron chi connectivity index (χ4n) is 4.94. The predicted molar refractivity (Wildman–Crippen MR) is 133 cm³/mol. The molecule has 9 heteroatoms. The van der Waals surface area contributed by atoms with Crippen molar-refractivity contribution in [2.75, 3.05) is 13.1 Å². The second-order valence-corrected chi connectivity index (χ2v) is 9.42. The molecule has 8 nitrogen and oxygen atoms in total. The van der Waals surface area contributed by atoms with Gasteiger partial charge in [0.1, 0.15) is 11.5 Å². The smallest absolute Gasteiger partial charge is 0.187 e. The van der Waals surface area contributed by atoms with Gasteiger partial charge in [0.15, 0.2) is 11.5 Å². The zero-order valence-electron chi connectivity index (χ0n) is 20.0. The van der Waals surface area contributed by atoms with Gasteiger partial charge in [-0.1, -0.05) is 12.1 Å². The number of aryl methyl sites for hydroxylation is 1. The van der Waals surface area contributed by atoms with Gasteiger partial charge in [-0.3, -0.25) is 14.0 Å². The van der Waals surface area contributed by atoms with Crippen molar-refractivity contribution in [3.8, 4) is 22.6 Å². The Hall–Kier alpha value is -3.69. The zero-order chi connectivity index (χ0) is 24.3. The Morgan fingerprint density at radius 1 is 1.11 bits per heavy atom. The van der Waals surface area contributed by atoms with Crippen LogP contribution in [0, 0.1) is 12.7 Å². The summed E-state index contributed by atoms with van der Waals surface area (Å²) in [5.74, 6) is 0.355. The average molecular weight is 471 g/mol. The molecule has 1 aliphatic heterocycles. The lowest BCUT2D eigenvalue weighted by atomic mass is 10.0. The average Bonchev–Trinajstić information content (AvgIpc) is 3.57. The van der Waals surface area contributed by atoms with Crippen LogP contribution in [0.2, 0.25) is 0 Å². The Kier molecular flexibility index (Phi) is 5.12. The fourth-order valence-corrected chi connectivity index (χ4v) is 4.94. The summed E-state index contributed by atoms with van der Waals surface area (Å²) < 4.78 is 18.7. The normalized spacial score (nSPS) is 17.6. The van der Waals surface area contributed by atoms with Crippen LogP contribution in [0.5, 0.6) is 0 Å². The van der Waals surface area contributed by atoms with Gasteiger partial charge in [0.2, 0.25) is 0 Å². The summed E-state index contributed by atoms with van der Waals surface area (Å²) in [6.45, 7) is 6.02. The number of benzene rings is 1. The highest BCUT2D eigenvalue weighted by Crippen LogP contribution is 2.31. The van der Waals surface area contributed by atoms with E-state index in [0.29, 0.717) is 22.6 Å². The molecule has 1 aromatic carbocycles. The number of nitrogens with two attached hydrogens (primary N) is 1. The summed E-state index contributed by atoms with van der Waals surface area (Å²) in [6, 6.07) is 11.6. The second-order valence-electron chi connectivity index (χ2n) is 9.42. The number of fused-ring (bicyclic) bond motifs is 2. The number of likely N-dealkylation sites (tertiary alicyclic amines) is 1. The summed E-state index contributed by atoms with van der Waals surface area (Å²) in [5, 5.41) is 13.8. The molecular formula is C26H27FN8. The molecule has 1 saturated heterocycles. The number of pyridine rings is 2. The molecule has 0 bridgehead atoms. The van der Waals surface area contributed by atoms with Crippen LogP contribution < -0.4 is 5.73 Å². The summed E-state index contributed by atoms with van der Waals surface area (Å²) in [5.41, 5.74) is 11.5. The standard InChI is InChI=1S/C26H27FN8/c1-15(34-9-8-19(28)14-34)18-5-7-25-31-32-26(35(25)13-18)23-6-4-17-10-22(27)20(11-24(17)30-23)21-12-29-33(3)16(21)2/h4-7,10-13,15,19H,8-9,14,28H2,1-3H3/t15-,19-/m0/s1. The minimum atomic E-state index is -0.295. The van der Waals surface area contributed by atoms with Crippen LogP contribution in [0.3, 0.4) is 0 Å². The monoisotopic (exact) mass is 470 g/mol. The van der Waals surface area contributed by atoms with Crippen LogP contribution in [0.1, 0.15) is 30.6 Å². The van der Waals surface area contributed by atoms with Gasteiger partial charge in [-0.25, -0.2) is 9.37 Å². The predicted octanol–water partition coefficient (Wildman–Crippen LogP) is 3.89. The van der Waals surface area contributed by atoms with E-state index < -0.39 is 0 Å². The minimum Gasteiger partial charge on any atom is -0.326 e. The molecule has 0 amide bonds. The Bertz CT molecular complexity index is 1570. The number of aromatic nitrogens is 6. The van der Waals surface area contributed by atoms with E-state index in [4.69, 9.17) is 10.7 Å². The Balaban J connectivity index is 1.42. The maximum absolute atomic E-state index is 14.9. The van der Waals surface area contributed by atoms with Gasteiger partial charge >= 0.3 is 0 Å². The Morgan fingerprint density at radius 2 is 1.97 bits per heavy atom. The molecular weight excluding hydrogens is 443 g/mol. The van der Waals surface area contributed by atoms with Gasteiger partial charge in [0.05, 0.1) is 11.7 Å². The molecule has 2 N–H and O–H groups in total. The molecule has 0 unspecified atom stereocenters. The van der Waals surface area contributed by atoms with E-state index in [-0.39, 0.29) is 17.9 Å². The first-order valence-electron chi connectivity index (χ1n) is 11.8. The number of nitrogens with zero attached hydrogens (tertiary/aromatic N) is 7. The maximum atomic E-state index is 14.9. The van der Waals surface area contributed by atoms with Crippen molar-refractivity contribution in [1.82, 2.24) is 34.3 Å². The first kappa shape index (κ1) is 21.8. The molecule has 0 aliphatic carbocycles. The molecule has 5 heterocycles. The van der Waals surface area contributed by atoms with Crippen LogP contribution in [0.15, 0.2) is 48.8 Å². The number of hydrogen-bond donors (Lipinski definition) is 1. The lowest BCUT2D eigenvalue weighted by Crippen LogP contribution is -2.28. The van der Waals surface area contributed by atoms with Crippen molar-refractivity contribution in [2.45, 2.75) is 32.4 Å². The molecule has 0 spiro atoms. The quantitative estimate of drug-likeness (QED) is 0.429. The van der Waals surface area contributed by atoms with E-state index in [2.05, 4.69) is 39.4 Å². The SMILES string of the molecule is Cc1c(-c2cc3nc(-c4nnc5ccc([C@H](C)N6CC[C@H](N)C6)cn45)ccc3cc2F)cnn1C. The van der Waals surface area contributed by atoms with Crippen LogP contribution in [-0.2, 0) is 7.05 Å². The largest absolute Gasteiger partial charge is 0.326 e. The van der Waals surface area contributed by atoms with Crippen LogP contribution in [0.25, 0.3) is 39.2 Å². The molecule has 0 radical (unpaired) electrons. The maximum Gasteiger partial charge on any atom is 0.187 e. The highest BCUT2D eigenvalue weighted by atomic mass is 19.1. The van der Waals surface area contributed by atoms with Crippen LogP contribution in [-0.4, -0.2) is 53.4 Å². The van der Waals surface area contributed by atoms with Crippen LogP contribution in [0.4, 0.5) is 4.39 Å². The van der Waals surface area contributed by atoms with Gasteiger partial charge in [0.25, 0.3) is 0 Å². The van der Waals surface area contributed by atoms with Crippen molar-refractivity contribution in [3.63, 3.8) is 0 Å². The molecule has 5 aromatic rings.